The molecule has 1 aromatic carbocycles. The molecule has 30 heavy (non-hydrogen) atoms. The molecule has 0 atom stereocenters. The van der Waals surface area contributed by atoms with Gasteiger partial charge in [-0.3, -0.25) is 0 Å². The average molecular weight is 408 g/mol. The molecule has 1 nitrogen and oxygen atoms in total. The Bertz CT molecular complexity index is 738. The third-order valence-electron chi connectivity index (χ3n) is 7.56. The third kappa shape index (κ3) is 6.31. The molecule has 0 heterocycles. The summed E-state index contributed by atoms with van der Waals surface area (Å²) in [4.78, 5) is 0. The van der Waals surface area contributed by atoms with Crippen molar-refractivity contribution in [3.63, 3.8) is 0 Å². The van der Waals surface area contributed by atoms with Crippen molar-refractivity contribution in [1.82, 2.24) is 0 Å². The molecule has 0 aromatic heterocycles. The number of nitriles is 1. The largest absolute Gasteiger partial charge is 0.196 e. The molecule has 0 amide bonds. The minimum absolute atomic E-state index is 0.231. The van der Waals surface area contributed by atoms with Crippen LogP contribution in [0.5, 0.6) is 0 Å². The molecule has 2 fully saturated rings. The van der Waals surface area contributed by atoms with Crippen molar-refractivity contribution in [2.45, 2.75) is 89.9 Å². The molecule has 0 spiro atoms. The maximum atomic E-state index is 13.2. The van der Waals surface area contributed by atoms with Gasteiger partial charge in [-0.25, -0.2) is 0 Å². The van der Waals surface area contributed by atoms with E-state index in [-0.39, 0.29) is 5.92 Å². The summed E-state index contributed by atoms with van der Waals surface area (Å²) in [7, 11) is 0. The van der Waals surface area contributed by atoms with Gasteiger partial charge >= 0.3 is 0 Å². The van der Waals surface area contributed by atoms with E-state index in [4.69, 9.17) is 5.26 Å². The lowest BCUT2D eigenvalue weighted by Crippen LogP contribution is -2.22. The van der Waals surface area contributed by atoms with Gasteiger partial charge in [-0.05, 0) is 105 Å². The van der Waals surface area contributed by atoms with Gasteiger partial charge in [-0.2, -0.15) is 9.65 Å². The van der Waals surface area contributed by atoms with E-state index in [1.807, 2.05) is 0 Å². The number of allylic oxidation sites excluding steroid dienone is 3. The van der Waals surface area contributed by atoms with Crippen molar-refractivity contribution >= 4 is 0 Å². The Hall–Kier alpha value is -1.88. The highest BCUT2D eigenvalue weighted by Crippen LogP contribution is 2.43. The first-order chi connectivity index (χ1) is 14.6. The molecule has 0 unspecified atom stereocenters. The summed E-state index contributed by atoms with van der Waals surface area (Å²) in [6.07, 6.45) is 15.9. The number of aryl methyl sites for hydroxylation is 1. The highest BCUT2D eigenvalue weighted by molar-refractivity contribution is 5.26. The first kappa shape index (κ1) is 22.8. The van der Waals surface area contributed by atoms with E-state index in [0.29, 0.717) is 17.8 Å². The van der Waals surface area contributed by atoms with Crippen LogP contribution in [0.25, 0.3) is 0 Å². The SMILES string of the molecule is C=C(C1CCC(C=C(F)C#N)CC1)C1CCC(c2ccc(CCCCC)cc2)CC1. The van der Waals surface area contributed by atoms with Crippen LogP contribution in [0.4, 0.5) is 4.39 Å². The minimum atomic E-state index is -0.621. The molecule has 1 aromatic rings. The number of halogens is 1. The van der Waals surface area contributed by atoms with Crippen molar-refractivity contribution in [1.29, 1.82) is 5.26 Å². The minimum Gasteiger partial charge on any atom is -0.195 e. The predicted molar refractivity (Wildman–Crippen MR) is 124 cm³/mol. The van der Waals surface area contributed by atoms with E-state index < -0.39 is 5.83 Å². The molecule has 0 aliphatic heterocycles. The number of hydrogen-bond donors (Lipinski definition) is 0. The standard InChI is InChI=1S/C28H38FN/c1-3-4-5-6-22-7-13-26(14-8-22)27-17-15-25(16-18-27)21(2)24-11-9-23(10-12-24)19-28(29)20-30/h7-8,13-14,19,23-25,27H,2-6,9-12,15-18H2,1H3. The Morgan fingerprint density at radius 1 is 1.00 bits per heavy atom. The van der Waals surface area contributed by atoms with Crippen molar-refractivity contribution in [2.75, 3.05) is 0 Å². The molecular formula is C28H38FN. The van der Waals surface area contributed by atoms with Crippen LogP contribution in [0, 0.1) is 29.1 Å². The Morgan fingerprint density at radius 3 is 2.17 bits per heavy atom. The molecule has 0 saturated heterocycles. The molecular weight excluding hydrogens is 369 g/mol. The molecule has 0 N–H and O–H groups in total. The lowest BCUT2D eigenvalue weighted by atomic mass is 9.70. The molecule has 2 aliphatic rings. The van der Waals surface area contributed by atoms with Crippen LogP contribution in [0.2, 0.25) is 0 Å². The monoisotopic (exact) mass is 407 g/mol. The van der Waals surface area contributed by atoms with Gasteiger partial charge in [-0.15, -0.1) is 0 Å². The Morgan fingerprint density at radius 2 is 1.60 bits per heavy atom. The summed E-state index contributed by atoms with van der Waals surface area (Å²) in [6.45, 7) is 6.77. The third-order valence-corrected chi connectivity index (χ3v) is 7.56. The van der Waals surface area contributed by atoms with Crippen LogP contribution in [0.3, 0.4) is 0 Å². The summed E-state index contributed by atoms with van der Waals surface area (Å²) in [5.74, 6) is 1.55. The molecule has 3 rings (SSSR count). The van der Waals surface area contributed by atoms with Crippen LogP contribution in [0.1, 0.15) is 94.6 Å². The molecule has 2 saturated carbocycles. The molecule has 2 aliphatic carbocycles. The predicted octanol–water partition coefficient (Wildman–Crippen LogP) is 8.43. The Balaban J connectivity index is 1.44. The first-order valence-corrected chi connectivity index (χ1v) is 12.2. The van der Waals surface area contributed by atoms with Crippen LogP contribution < -0.4 is 0 Å². The highest BCUT2D eigenvalue weighted by atomic mass is 19.1. The summed E-state index contributed by atoms with van der Waals surface area (Å²) in [6, 6.07) is 11.0. The van der Waals surface area contributed by atoms with Crippen LogP contribution in [-0.2, 0) is 6.42 Å². The second-order valence-electron chi connectivity index (χ2n) is 9.56. The molecule has 0 bridgehead atoms. The van der Waals surface area contributed by atoms with Gasteiger partial charge in [0.1, 0.15) is 6.07 Å². The molecule has 0 radical (unpaired) electrons. The Kier molecular flexibility index (Phi) is 8.74. The smallest absolute Gasteiger partial charge is 0.195 e. The van der Waals surface area contributed by atoms with Crippen molar-refractivity contribution in [3.05, 3.63) is 59.4 Å². The molecule has 2 heteroatoms. The lowest BCUT2D eigenvalue weighted by molar-refractivity contribution is 0.289. The van der Waals surface area contributed by atoms with Gasteiger partial charge in [0.2, 0.25) is 0 Å². The summed E-state index contributed by atoms with van der Waals surface area (Å²) < 4.78 is 13.2. The van der Waals surface area contributed by atoms with E-state index in [1.54, 1.807) is 6.07 Å². The fourth-order valence-electron chi connectivity index (χ4n) is 5.57. The van der Waals surface area contributed by atoms with Gasteiger partial charge in [0.15, 0.2) is 5.83 Å². The van der Waals surface area contributed by atoms with Gasteiger partial charge in [-0.1, -0.05) is 56.2 Å². The lowest BCUT2D eigenvalue weighted by Gasteiger charge is -2.35. The number of benzene rings is 1. The van der Waals surface area contributed by atoms with Crippen molar-refractivity contribution < 1.29 is 4.39 Å². The summed E-state index contributed by atoms with van der Waals surface area (Å²) >= 11 is 0. The van der Waals surface area contributed by atoms with E-state index in [0.717, 1.165) is 25.7 Å². The average Bonchev–Trinajstić information content (AvgIpc) is 2.80. The zero-order chi connectivity index (χ0) is 21.3. The Labute approximate surface area is 183 Å². The second kappa shape index (κ2) is 11.5. The van der Waals surface area contributed by atoms with E-state index in [9.17, 15) is 4.39 Å². The van der Waals surface area contributed by atoms with Crippen LogP contribution in [-0.4, -0.2) is 0 Å². The normalized spacial score (nSPS) is 27.4. The zero-order valence-electron chi connectivity index (χ0n) is 18.7. The van der Waals surface area contributed by atoms with E-state index in [2.05, 4.69) is 37.8 Å². The first-order valence-electron chi connectivity index (χ1n) is 12.2. The number of hydrogen-bond acceptors (Lipinski definition) is 1. The van der Waals surface area contributed by atoms with Gasteiger partial charge in [0.05, 0.1) is 0 Å². The van der Waals surface area contributed by atoms with Crippen molar-refractivity contribution in [2.24, 2.45) is 17.8 Å². The second-order valence-corrected chi connectivity index (χ2v) is 9.56. The zero-order valence-corrected chi connectivity index (χ0v) is 18.7. The maximum absolute atomic E-state index is 13.2. The van der Waals surface area contributed by atoms with E-state index in [1.165, 1.54) is 74.1 Å². The number of nitrogens with zero attached hydrogens (tertiary/aromatic N) is 1. The van der Waals surface area contributed by atoms with E-state index >= 15 is 0 Å². The van der Waals surface area contributed by atoms with Crippen molar-refractivity contribution in [3.8, 4) is 6.07 Å². The van der Waals surface area contributed by atoms with Gasteiger partial charge < -0.3 is 0 Å². The summed E-state index contributed by atoms with van der Waals surface area (Å²) in [5.41, 5.74) is 4.45. The van der Waals surface area contributed by atoms with Gasteiger partial charge in [0, 0.05) is 0 Å². The highest BCUT2D eigenvalue weighted by Gasteiger charge is 2.29. The maximum Gasteiger partial charge on any atom is 0.196 e. The topological polar surface area (TPSA) is 23.8 Å². The van der Waals surface area contributed by atoms with Gasteiger partial charge in [0.25, 0.3) is 0 Å². The fourth-order valence-corrected chi connectivity index (χ4v) is 5.57. The van der Waals surface area contributed by atoms with Crippen LogP contribution >= 0.6 is 0 Å². The summed E-state index contributed by atoms with van der Waals surface area (Å²) in [5, 5.41) is 8.63. The fraction of sp³-hybridized carbons (Fsp3) is 0.607. The molecule has 162 valence electrons. The van der Waals surface area contributed by atoms with Crippen LogP contribution in [0.15, 0.2) is 48.3 Å². The quantitative estimate of drug-likeness (QED) is 0.241. The number of unbranched alkanes of at least 4 members (excludes halogenated alkanes) is 2. The number of rotatable bonds is 8.